The molecule has 148 valence electrons. The zero-order valence-corrected chi connectivity index (χ0v) is 17.6. The molecule has 2 aromatic rings. The molecule has 2 aromatic carbocycles. The molecule has 9 heteroatoms. The largest absolute Gasteiger partial charge is 0.496 e. The first kappa shape index (κ1) is 21.7. The molecule has 2 rings (SSSR count). The second kappa shape index (κ2) is 10.7. The van der Waals surface area contributed by atoms with Crippen molar-refractivity contribution in [1.82, 2.24) is 5.43 Å². The van der Waals surface area contributed by atoms with Crippen LogP contribution in [0.5, 0.6) is 11.5 Å². The number of ether oxygens (including phenoxy) is 2. The number of methoxy groups -OCH3 is 2. The molecular formula is C19H19BrClN3O4. The van der Waals surface area contributed by atoms with E-state index < -0.39 is 0 Å². The van der Waals surface area contributed by atoms with Crippen LogP contribution in [0.3, 0.4) is 0 Å². The summed E-state index contributed by atoms with van der Waals surface area (Å²) in [5.41, 5.74) is 3.61. The number of nitrogens with one attached hydrogen (secondary N) is 2. The van der Waals surface area contributed by atoms with Crippen molar-refractivity contribution in [3.63, 3.8) is 0 Å². The predicted octanol–water partition coefficient (Wildman–Crippen LogP) is 3.99. The minimum Gasteiger partial charge on any atom is -0.496 e. The van der Waals surface area contributed by atoms with Crippen molar-refractivity contribution in [2.45, 2.75) is 12.8 Å². The maximum Gasteiger partial charge on any atom is 0.240 e. The number of nitrogens with zero attached hydrogens (tertiary/aromatic N) is 1. The molecule has 0 saturated heterocycles. The molecule has 7 nitrogen and oxygen atoms in total. The quantitative estimate of drug-likeness (QED) is 0.453. The van der Waals surface area contributed by atoms with Gasteiger partial charge >= 0.3 is 0 Å². The van der Waals surface area contributed by atoms with Gasteiger partial charge in [-0.05, 0) is 40.2 Å². The van der Waals surface area contributed by atoms with Crippen LogP contribution in [0.1, 0.15) is 18.4 Å². The van der Waals surface area contributed by atoms with Crippen LogP contribution in [0.2, 0.25) is 5.02 Å². The topological polar surface area (TPSA) is 89.0 Å². The molecule has 0 spiro atoms. The van der Waals surface area contributed by atoms with Crippen molar-refractivity contribution in [1.29, 1.82) is 0 Å². The number of halogens is 2. The summed E-state index contributed by atoms with van der Waals surface area (Å²) in [5, 5.41) is 7.10. The van der Waals surface area contributed by atoms with Gasteiger partial charge in [0.15, 0.2) is 0 Å². The summed E-state index contributed by atoms with van der Waals surface area (Å²) in [6.07, 6.45) is 1.46. The van der Waals surface area contributed by atoms with Crippen molar-refractivity contribution in [2.75, 3.05) is 19.5 Å². The zero-order valence-electron chi connectivity index (χ0n) is 15.3. The van der Waals surface area contributed by atoms with E-state index in [2.05, 4.69) is 31.8 Å². The Labute approximate surface area is 176 Å². The standard InChI is InChI=1S/C19H19BrClN3O4/c1-27-16-10-17(28-2)15(20)8-12(16)11-22-24-19(26)7-6-18(25)23-14-5-3-4-13(21)9-14/h3-5,8-11H,6-7H2,1-2H3,(H,23,25)(H,24,26). The molecule has 28 heavy (non-hydrogen) atoms. The van der Waals surface area contributed by atoms with Crippen LogP contribution in [-0.2, 0) is 9.59 Å². The smallest absolute Gasteiger partial charge is 0.240 e. The first-order chi connectivity index (χ1) is 13.4. The summed E-state index contributed by atoms with van der Waals surface area (Å²) in [6.45, 7) is 0. The Hall–Kier alpha value is -2.58. The SMILES string of the molecule is COc1cc(OC)c(C=NNC(=O)CCC(=O)Nc2cccc(Cl)c2)cc1Br. The Morgan fingerprint density at radius 2 is 1.82 bits per heavy atom. The Kier molecular flexibility index (Phi) is 8.28. The molecule has 0 heterocycles. The number of hydrogen-bond acceptors (Lipinski definition) is 5. The van der Waals surface area contributed by atoms with Crippen molar-refractivity contribution >= 4 is 51.2 Å². The highest BCUT2D eigenvalue weighted by atomic mass is 79.9. The van der Waals surface area contributed by atoms with E-state index in [0.717, 1.165) is 4.47 Å². The third kappa shape index (κ3) is 6.54. The van der Waals surface area contributed by atoms with E-state index >= 15 is 0 Å². The molecule has 2 N–H and O–H groups in total. The van der Waals surface area contributed by atoms with Crippen LogP contribution >= 0.6 is 27.5 Å². The molecule has 2 amide bonds. The van der Waals surface area contributed by atoms with E-state index in [1.54, 1.807) is 43.5 Å². The third-order valence-corrected chi connectivity index (χ3v) is 4.44. The van der Waals surface area contributed by atoms with Gasteiger partial charge in [0.25, 0.3) is 0 Å². The molecule has 0 radical (unpaired) electrons. The number of carbonyl (C=O) groups is 2. The van der Waals surface area contributed by atoms with Crippen molar-refractivity contribution < 1.29 is 19.1 Å². The fourth-order valence-corrected chi connectivity index (χ4v) is 2.94. The summed E-state index contributed by atoms with van der Waals surface area (Å²) < 4.78 is 11.2. The third-order valence-electron chi connectivity index (χ3n) is 3.58. The maximum atomic E-state index is 11.9. The van der Waals surface area contributed by atoms with Gasteiger partial charge in [-0.15, -0.1) is 0 Å². The second-order valence-corrected chi connectivity index (χ2v) is 6.87. The highest BCUT2D eigenvalue weighted by molar-refractivity contribution is 9.10. The van der Waals surface area contributed by atoms with Crippen LogP contribution in [0, 0.1) is 0 Å². The molecule has 0 bridgehead atoms. The minimum absolute atomic E-state index is 0.00676. The first-order valence-electron chi connectivity index (χ1n) is 8.21. The molecule has 0 unspecified atom stereocenters. The van der Waals surface area contributed by atoms with Gasteiger partial charge in [-0.1, -0.05) is 17.7 Å². The molecule has 0 aromatic heterocycles. The number of hydrazone groups is 1. The van der Waals surface area contributed by atoms with Crippen LogP contribution in [0.15, 0.2) is 46.0 Å². The number of benzene rings is 2. The predicted molar refractivity (Wildman–Crippen MR) is 112 cm³/mol. The Morgan fingerprint density at radius 3 is 2.50 bits per heavy atom. The van der Waals surface area contributed by atoms with E-state index in [0.29, 0.717) is 27.8 Å². The van der Waals surface area contributed by atoms with Crippen LogP contribution < -0.4 is 20.2 Å². The normalized spacial score (nSPS) is 10.6. The van der Waals surface area contributed by atoms with Gasteiger partial charge in [0.2, 0.25) is 11.8 Å². The molecular weight excluding hydrogens is 450 g/mol. The van der Waals surface area contributed by atoms with Gasteiger partial charge in [0.1, 0.15) is 11.5 Å². The average Bonchev–Trinajstić information content (AvgIpc) is 2.66. The van der Waals surface area contributed by atoms with Crippen molar-refractivity contribution in [2.24, 2.45) is 5.10 Å². The first-order valence-corrected chi connectivity index (χ1v) is 9.39. The number of anilines is 1. The monoisotopic (exact) mass is 467 g/mol. The lowest BCUT2D eigenvalue weighted by Crippen LogP contribution is -2.20. The van der Waals surface area contributed by atoms with E-state index in [9.17, 15) is 9.59 Å². The number of amides is 2. The van der Waals surface area contributed by atoms with Crippen molar-refractivity contribution in [3.8, 4) is 11.5 Å². The summed E-state index contributed by atoms with van der Waals surface area (Å²) in [7, 11) is 3.08. The second-order valence-electron chi connectivity index (χ2n) is 5.58. The average molecular weight is 469 g/mol. The summed E-state index contributed by atoms with van der Waals surface area (Å²) in [6, 6.07) is 10.2. The van der Waals surface area contributed by atoms with Gasteiger partial charge in [-0.2, -0.15) is 5.10 Å². The number of hydrogen-bond donors (Lipinski definition) is 2. The lowest BCUT2D eigenvalue weighted by Gasteiger charge is -2.09. The molecule has 0 aliphatic heterocycles. The lowest BCUT2D eigenvalue weighted by molar-refractivity contribution is -0.124. The molecule has 0 aliphatic carbocycles. The van der Waals surface area contributed by atoms with E-state index in [1.807, 2.05) is 0 Å². The Bertz CT molecular complexity index is 889. The van der Waals surface area contributed by atoms with Crippen LogP contribution in [-0.4, -0.2) is 32.2 Å². The van der Waals surface area contributed by atoms with Gasteiger partial charge in [-0.25, -0.2) is 5.43 Å². The number of rotatable bonds is 8. The Balaban J connectivity index is 1.85. The zero-order chi connectivity index (χ0) is 20.5. The lowest BCUT2D eigenvalue weighted by atomic mass is 10.2. The van der Waals surface area contributed by atoms with Gasteiger partial charge in [0.05, 0.1) is 24.9 Å². The summed E-state index contributed by atoms with van der Waals surface area (Å²) >= 11 is 9.24. The fourth-order valence-electron chi connectivity index (χ4n) is 2.23. The molecule has 0 saturated carbocycles. The van der Waals surface area contributed by atoms with Gasteiger partial charge < -0.3 is 14.8 Å². The van der Waals surface area contributed by atoms with Crippen molar-refractivity contribution in [3.05, 3.63) is 51.5 Å². The molecule has 0 fully saturated rings. The molecule has 0 aliphatic rings. The maximum absolute atomic E-state index is 11.9. The highest BCUT2D eigenvalue weighted by Crippen LogP contribution is 2.31. The Morgan fingerprint density at radius 1 is 1.11 bits per heavy atom. The van der Waals surface area contributed by atoms with E-state index in [1.165, 1.54) is 13.3 Å². The van der Waals surface area contributed by atoms with Crippen LogP contribution in [0.25, 0.3) is 0 Å². The number of carbonyl (C=O) groups excluding carboxylic acids is 2. The molecule has 0 atom stereocenters. The van der Waals surface area contributed by atoms with E-state index in [-0.39, 0.29) is 24.7 Å². The highest BCUT2D eigenvalue weighted by Gasteiger charge is 2.09. The minimum atomic E-state index is -0.385. The summed E-state index contributed by atoms with van der Waals surface area (Å²) in [4.78, 5) is 23.8. The van der Waals surface area contributed by atoms with Gasteiger partial charge in [-0.3, -0.25) is 9.59 Å². The van der Waals surface area contributed by atoms with Crippen LogP contribution in [0.4, 0.5) is 5.69 Å². The van der Waals surface area contributed by atoms with Gasteiger partial charge in [0, 0.05) is 35.2 Å². The fraction of sp³-hybridized carbons (Fsp3) is 0.211. The summed E-state index contributed by atoms with van der Waals surface area (Å²) in [5.74, 6) is 0.480. The van der Waals surface area contributed by atoms with E-state index in [4.69, 9.17) is 21.1 Å².